The maximum atomic E-state index is 8.89. The van der Waals surface area contributed by atoms with Gasteiger partial charge >= 0.3 is 0 Å². The molecule has 14 heavy (non-hydrogen) atoms. The number of aromatic nitrogens is 4. The van der Waals surface area contributed by atoms with Crippen LogP contribution < -0.4 is 0 Å². The highest BCUT2D eigenvalue weighted by atomic mass is 14.9. The first-order valence-electron chi connectivity index (χ1n) is 4.09. The van der Waals surface area contributed by atoms with Crippen LogP contribution in [0.1, 0.15) is 5.56 Å². The molecule has 0 aliphatic rings. The highest BCUT2D eigenvalue weighted by Gasteiger charge is 2.09. The Hall–Kier alpha value is -2.35. The Kier molecular flexibility index (Phi) is 1.18. The second-order valence-electron chi connectivity index (χ2n) is 2.96. The molecule has 0 aliphatic heterocycles. The number of rotatable bonds is 0. The van der Waals surface area contributed by atoms with Crippen molar-refractivity contribution in [3.8, 4) is 6.07 Å². The molecule has 0 fully saturated rings. The van der Waals surface area contributed by atoms with Crippen molar-refractivity contribution in [2.75, 3.05) is 0 Å². The first-order valence-corrected chi connectivity index (χ1v) is 4.09. The molecule has 3 aromatic rings. The van der Waals surface area contributed by atoms with Gasteiger partial charge in [-0.05, 0) is 0 Å². The number of aromatic amines is 2. The zero-order valence-corrected chi connectivity index (χ0v) is 7.07. The highest BCUT2D eigenvalue weighted by Crippen LogP contribution is 2.22. The van der Waals surface area contributed by atoms with Crippen molar-refractivity contribution in [1.82, 2.24) is 19.9 Å². The molecule has 0 unspecified atom stereocenters. The summed E-state index contributed by atoms with van der Waals surface area (Å²) in [6, 6.07) is 2.11. The van der Waals surface area contributed by atoms with Crippen molar-refractivity contribution < 1.29 is 0 Å². The van der Waals surface area contributed by atoms with E-state index in [9.17, 15) is 0 Å². The molecule has 3 aromatic heterocycles. The van der Waals surface area contributed by atoms with Gasteiger partial charge in [-0.1, -0.05) is 0 Å². The monoisotopic (exact) mass is 183 g/mol. The van der Waals surface area contributed by atoms with Gasteiger partial charge in [0.25, 0.3) is 0 Å². The summed E-state index contributed by atoms with van der Waals surface area (Å²) in [5.74, 6) is 0. The lowest BCUT2D eigenvalue weighted by Crippen LogP contribution is -1.79. The molecule has 66 valence electrons. The summed E-state index contributed by atoms with van der Waals surface area (Å²) in [7, 11) is 0. The van der Waals surface area contributed by atoms with E-state index in [-0.39, 0.29) is 0 Å². The van der Waals surface area contributed by atoms with Crippen LogP contribution in [-0.4, -0.2) is 19.9 Å². The molecular weight excluding hydrogens is 178 g/mol. The number of imidazole rings is 1. The van der Waals surface area contributed by atoms with Crippen molar-refractivity contribution >= 4 is 22.1 Å². The van der Waals surface area contributed by atoms with Crippen LogP contribution in [0, 0.1) is 11.3 Å². The molecule has 2 N–H and O–H groups in total. The summed E-state index contributed by atoms with van der Waals surface area (Å²) in [6.45, 7) is 0. The van der Waals surface area contributed by atoms with Gasteiger partial charge in [0.2, 0.25) is 0 Å². The topological polar surface area (TPSA) is 81.1 Å². The zero-order valence-electron chi connectivity index (χ0n) is 7.07. The lowest BCUT2D eigenvalue weighted by atomic mass is 10.2. The van der Waals surface area contributed by atoms with Gasteiger partial charge in [-0.3, -0.25) is 0 Å². The maximum absolute atomic E-state index is 8.89. The first-order chi connectivity index (χ1) is 6.90. The number of hydrogen-bond donors (Lipinski definition) is 2. The fraction of sp³-hybridized carbons (Fsp3) is 0. The summed E-state index contributed by atoms with van der Waals surface area (Å²) in [5, 5.41) is 9.67. The highest BCUT2D eigenvalue weighted by molar-refractivity contribution is 6.03. The van der Waals surface area contributed by atoms with E-state index in [1.54, 1.807) is 18.7 Å². The Morgan fingerprint density at radius 2 is 2.21 bits per heavy atom. The van der Waals surface area contributed by atoms with E-state index in [0.29, 0.717) is 11.2 Å². The zero-order chi connectivity index (χ0) is 9.54. The van der Waals surface area contributed by atoms with E-state index in [1.165, 1.54) is 0 Å². The molecule has 0 amide bonds. The molecule has 0 aliphatic carbocycles. The van der Waals surface area contributed by atoms with Crippen LogP contribution in [0.5, 0.6) is 0 Å². The molecule has 0 spiro atoms. The van der Waals surface area contributed by atoms with Gasteiger partial charge in [-0.15, -0.1) is 0 Å². The molecule has 0 bridgehead atoms. The number of fused-ring (bicyclic) bond motifs is 3. The Morgan fingerprint density at radius 3 is 3.07 bits per heavy atom. The number of hydrogen-bond acceptors (Lipinski definition) is 3. The van der Waals surface area contributed by atoms with E-state index in [2.05, 4.69) is 26.0 Å². The smallest absolute Gasteiger partial charge is 0.140 e. The maximum Gasteiger partial charge on any atom is 0.140 e. The average molecular weight is 183 g/mol. The number of H-pyrrole nitrogens is 2. The molecule has 0 saturated carbocycles. The van der Waals surface area contributed by atoms with Crippen LogP contribution in [-0.2, 0) is 0 Å². The molecule has 0 saturated heterocycles. The van der Waals surface area contributed by atoms with Gasteiger partial charge in [-0.25, -0.2) is 9.97 Å². The molecule has 5 heteroatoms. The van der Waals surface area contributed by atoms with Gasteiger partial charge in [0.05, 0.1) is 29.0 Å². The van der Waals surface area contributed by atoms with Crippen LogP contribution >= 0.6 is 0 Å². The van der Waals surface area contributed by atoms with E-state index in [4.69, 9.17) is 5.26 Å². The van der Waals surface area contributed by atoms with Crippen LogP contribution in [0.15, 0.2) is 18.7 Å². The van der Waals surface area contributed by atoms with Crippen molar-refractivity contribution in [2.45, 2.75) is 0 Å². The largest absolute Gasteiger partial charge is 0.345 e. The van der Waals surface area contributed by atoms with E-state index >= 15 is 0 Å². The minimum atomic E-state index is 0.574. The average Bonchev–Trinajstić information content (AvgIpc) is 2.82. The number of nitrogens with zero attached hydrogens (tertiary/aromatic N) is 3. The van der Waals surface area contributed by atoms with E-state index < -0.39 is 0 Å². The summed E-state index contributed by atoms with van der Waals surface area (Å²) in [6.07, 6.45) is 4.94. The fourth-order valence-electron chi connectivity index (χ4n) is 1.57. The van der Waals surface area contributed by atoms with Crippen molar-refractivity contribution in [2.24, 2.45) is 0 Å². The molecule has 5 nitrogen and oxygen atoms in total. The Morgan fingerprint density at radius 1 is 1.29 bits per heavy atom. The molecule has 3 heterocycles. The van der Waals surface area contributed by atoms with Crippen molar-refractivity contribution in [1.29, 1.82) is 5.26 Å². The minimum absolute atomic E-state index is 0.574. The second kappa shape index (κ2) is 2.33. The lowest BCUT2D eigenvalue weighted by Gasteiger charge is -1.90. The van der Waals surface area contributed by atoms with Crippen LogP contribution in [0.4, 0.5) is 0 Å². The van der Waals surface area contributed by atoms with Crippen molar-refractivity contribution in [3.05, 3.63) is 24.3 Å². The summed E-state index contributed by atoms with van der Waals surface area (Å²) >= 11 is 0. The Bertz CT molecular complexity index is 654. The second-order valence-corrected chi connectivity index (χ2v) is 2.96. The number of nitriles is 1. The summed E-state index contributed by atoms with van der Waals surface area (Å²) in [4.78, 5) is 14.2. The van der Waals surface area contributed by atoms with Gasteiger partial charge in [0.15, 0.2) is 0 Å². The van der Waals surface area contributed by atoms with Gasteiger partial charge in [0, 0.05) is 6.20 Å². The Labute approximate surface area is 78.4 Å². The third kappa shape index (κ3) is 0.721. The number of pyridine rings is 1. The fourth-order valence-corrected chi connectivity index (χ4v) is 1.57. The SMILES string of the molecule is N#Cc1c[nH]c2ncc3[nH]cnc3c12. The first kappa shape index (κ1) is 7.09. The minimum Gasteiger partial charge on any atom is -0.345 e. The standard InChI is InChI=1S/C9H5N5/c10-1-5-2-11-9-7(5)8-6(3-12-9)13-4-14-8/h2-4H,(H,11,12)(H,13,14). The van der Waals surface area contributed by atoms with Crippen molar-refractivity contribution in [3.63, 3.8) is 0 Å². The third-order valence-electron chi connectivity index (χ3n) is 2.21. The predicted molar refractivity (Wildman–Crippen MR) is 50.5 cm³/mol. The summed E-state index contributed by atoms with van der Waals surface area (Å²) in [5.41, 5.74) is 2.90. The van der Waals surface area contributed by atoms with E-state index in [0.717, 1.165) is 16.4 Å². The molecule has 0 aromatic carbocycles. The van der Waals surface area contributed by atoms with Gasteiger partial charge in [0.1, 0.15) is 17.2 Å². The van der Waals surface area contributed by atoms with Crippen LogP contribution in [0.25, 0.3) is 22.1 Å². The molecule has 3 rings (SSSR count). The predicted octanol–water partition coefficient (Wildman–Crippen LogP) is 1.31. The van der Waals surface area contributed by atoms with E-state index in [1.807, 2.05) is 0 Å². The van der Waals surface area contributed by atoms with Gasteiger partial charge < -0.3 is 9.97 Å². The number of nitrogens with one attached hydrogen (secondary N) is 2. The molecule has 0 atom stereocenters. The summed E-state index contributed by atoms with van der Waals surface area (Å²) < 4.78 is 0. The normalized spacial score (nSPS) is 10.8. The molecular formula is C9H5N5. The Balaban J connectivity index is 2.66. The lowest BCUT2D eigenvalue weighted by molar-refractivity contribution is 1.32. The van der Waals surface area contributed by atoms with Gasteiger partial charge in [-0.2, -0.15) is 5.26 Å². The quantitative estimate of drug-likeness (QED) is 0.551. The van der Waals surface area contributed by atoms with Crippen LogP contribution in [0.3, 0.4) is 0 Å². The third-order valence-corrected chi connectivity index (χ3v) is 2.21. The molecule has 0 radical (unpaired) electrons. The van der Waals surface area contributed by atoms with Crippen LogP contribution in [0.2, 0.25) is 0 Å².